The maximum atomic E-state index is 5.93. The molecule has 0 atom stereocenters. The SMILES string of the molecule is C#CCSCCNc1snc(N)c1-c1ccncc1. The van der Waals surface area contributed by atoms with E-state index in [4.69, 9.17) is 12.2 Å². The lowest BCUT2D eigenvalue weighted by Gasteiger charge is -2.06. The van der Waals surface area contributed by atoms with E-state index < -0.39 is 0 Å². The average molecular weight is 290 g/mol. The fourth-order valence-electron chi connectivity index (χ4n) is 1.59. The number of aromatic nitrogens is 2. The molecule has 0 saturated carbocycles. The lowest BCUT2D eigenvalue weighted by atomic mass is 10.1. The summed E-state index contributed by atoms with van der Waals surface area (Å²) < 4.78 is 4.21. The van der Waals surface area contributed by atoms with Crippen LogP contribution in [-0.4, -0.2) is 27.4 Å². The van der Waals surface area contributed by atoms with Crippen LogP contribution in [0, 0.1) is 12.3 Å². The van der Waals surface area contributed by atoms with Gasteiger partial charge in [-0.15, -0.1) is 18.2 Å². The normalized spacial score (nSPS) is 10.1. The highest BCUT2D eigenvalue weighted by Gasteiger charge is 2.12. The van der Waals surface area contributed by atoms with Crippen molar-refractivity contribution in [2.24, 2.45) is 0 Å². The molecule has 0 saturated heterocycles. The van der Waals surface area contributed by atoms with E-state index in [1.165, 1.54) is 11.5 Å². The van der Waals surface area contributed by atoms with Crippen molar-refractivity contribution in [1.29, 1.82) is 0 Å². The molecule has 0 aliphatic heterocycles. The Hall–Kier alpha value is -1.71. The Morgan fingerprint density at radius 1 is 1.42 bits per heavy atom. The van der Waals surface area contributed by atoms with Crippen molar-refractivity contribution >= 4 is 34.1 Å². The molecule has 0 bridgehead atoms. The molecule has 0 aliphatic carbocycles. The summed E-state index contributed by atoms with van der Waals surface area (Å²) in [6.45, 7) is 0.839. The van der Waals surface area contributed by atoms with E-state index in [1.807, 2.05) is 12.1 Å². The van der Waals surface area contributed by atoms with Crippen LogP contribution in [0.1, 0.15) is 0 Å². The number of hydrogen-bond donors (Lipinski definition) is 2. The second-order valence-corrected chi connectivity index (χ2v) is 5.57. The molecule has 0 fully saturated rings. The molecular formula is C13H14N4S2. The van der Waals surface area contributed by atoms with Gasteiger partial charge in [-0.25, -0.2) is 0 Å². The van der Waals surface area contributed by atoms with Gasteiger partial charge in [0.15, 0.2) is 0 Å². The van der Waals surface area contributed by atoms with Crippen molar-refractivity contribution in [1.82, 2.24) is 9.36 Å². The largest absolute Gasteiger partial charge is 0.382 e. The molecule has 0 aliphatic rings. The van der Waals surface area contributed by atoms with Gasteiger partial charge >= 0.3 is 0 Å². The third-order valence-electron chi connectivity index (χ3n) is 2.40. The van der Waals surface area contributed by atoms with Crippen LogP contribution in [0.5, 0.6) is 0 Å². The topological polar surface area (TPSA) is 63.8 Å². The van der Waals surface area contributed by atoms with E-state index in [9.17, 15) is 0 Å². The molecule has 2 heterocycles. The highest BCUT2D eigenvalue weighted by molar-refractivity contribution is 7.99. The molecule has 98 valence electrons. The van der Waals surface area contributed by atoms with Gasteiger partial charge in [-0.1, -0.05) is 5.92 Å². The second kappa shape index (κ2) is 7.02. The van der Waals surface area contributed by atoms with E-state index in [0.717, 1.165) is 34.2 Å². The molecule has 19 heavy (non-hydrogen) atoms. The lowest BCUT2D eigenvalue weighted by Crippen LogP contribution is -2.04. The Balaban J connectivity index is 2.05. The number of nitrogens with zero attached hydrogens (tertiary/aromatic N) is 2. The van der Waals surface area contributed by atoms with Crippen molar-refractivity contribution in [2.75, 3.05) is 29.1 Å². The summed E-state index contributed by atoms with van der Waals surface area (Å²) >= 11 is 3.10. The van der Waals surface area contributed by atoms with Crippen molar-refractivity contribution in [3.05, 3.63) is 24.5 Å². The van der Waals surface area contributed by atoms with Gasteiger partial charge < -0.3 is 11.1 Å². The Labute approximate surface area is 121 Å². The number of rotatable bonds is 6. The second-order valence-electron chi connectivity index (χ2n) is 3.69. The summed E-state index contributed by atoms with van der Waals surface area (Å²) in [5.74, 6) is 4.85. The zero-order chi connectivity index (χ0) is 13.5. The first-order valence-electron chi connectivity index (χ1n) is 5.73. The molecule has 4 nitrogen and oxygen atoms in total. The van der Waals surface area contributed by atoms with Crippen LogP contribution in [0.25, 0.3) is 11.1 Å². The summed E-state index contributed by atoms with van der Waals surface area (Å²) in [4.78, 5) is 4.01. The van der Waals surface area contributed by atoms with E-state index in [0.29, 0.717) is 5.82 Å². The van der Waals surface area contributed by atoms with E-state index in [-0.39, 0.29) is 0 Å². The van der Waals surface area contributed by atoms with Crippen molar-refractivity contribution in [3.8, 4) is 23.5 Å². The maximum absolute atomic E-state index is 5.93. The van der Waals surface area contributed by atoms with E-state index >= 15 is 0 Å². The van der Waals surface area contributed by atoms with Crippen LogP contribution < -0.4 is 11.1 Å². The Bertz CT molecular complexity index is 560. The molecule has 2 rings (SSSR count). The molecule has 0 spiro atoms. The van der Waals surface area contributed by atoms with Crippen LogP contribution in [0.3, 0.4) is 0 Å². The maximum Gasteiger partial charge on any atom is 0.147 e. The number of anilines is 2. The number of nitrogen functional groups attached to an aromatic ring is 1. The molecule has 0 aromatic carbocycles. The number of nitrogens with two attached hydrogens (primary N) is 1. The average Bonchev–Trinajstić information content (AvgIpc) is 2.81. The van der Waals surface area contributed by atoms with Crippen LogP contribution in [0.4, 0.5) is 10.8 Å². The van der Waals surface area contributed by atoms with E-state index in [2.05, 4.69) is 20.6 Å². The number of pyridine rings is 1. The number of nitrogens with one attached hydrogen (secondary N) is 1. The molecule has 0 radical (unpaired) electrons. The van der Waals surface area contributed by atoms with Gasteiger partial charge in [0.05, 0.1) is 11.3 Å². The van der Waals surface area contributed by atoms with Crippen LogP contribution in [-0.2, 0) is 0 Å². The first-order chi connectivity index (χ1) is 9.33. The monoisotopic (exact) mass is 290 g/mol. The van der Waals surface area contributed by atoms with Gasteiger partial charge in [0, 0.05) is 24.7 Å². The van der Waals surface area contributed by atoms with Crippen molar-refractivity contribution in [2.45, 2.75) is 0 Å². The number of terminal acetylenes is 1. The predicted molar refractivity (Wildman–Crippen MR) is 84.4 cm³/mol. The van der Waals surface area contributed by atoms with Crippen molar-refractivity contribution in [3.63, 3.8) is 0 Å². The van der Waals surface area contributed by atoms with Gasteiger partial charge in [0.1, 0.15) is 10.8 Å². The predicted octanol–water partition coefficient (Wildman–Crippen LogP) is 2.57. The zero-order valence-electron chi connectivity index (χ0n) is 10.3. The third-order valence-corrected chi connectivity index (χ3v) is 4.09. The zero-order valence-corrected chi connectivity index (χ0v) is 11.9. The fourth-order valence-corrected chi connectivity index (χ4v) is 2.86. The fraction of sp³-hybridized carbons (Fsp3) is 0.231. The Kier molecular flexibility index (Phi) is 5.07. The molecule has 3 N–H and O–H groups in total. The standard InChI is InChI=1S/C13H14N4S2/c1-2-8-18-9-7-16-13-11(12(14)17-19-13)10-3-5-15-6-4-10/h1,3-6,16H,7-9H2,(H2,14,17). The molecule has 2 aromatic rings. The lowest BCUT2D eigenvalue weighted by molar-refractivity contribution is 1.24. The van der Waals surface area contributed by atoms with Crippen LogP contribution in [0.15, 0.2) is 24.5 Å². The first-order valence-corrected chi connectivity index (χ1v) is 7.66. The Morgan fingerprint density at radius 2 is 2.21 bits per heavy atom. The highest BCUT2D eigenvalue weighted by atomic mass is 32.2. The third kappa shape index (κ3) is 3.63. The number of thioether (sulfide) groups is 1. The molecule has 2 aromatic heterocycles. The molecular weight excluding hydrogens is 276 g/mol. The summed E-state index contributed by atoms with van der Waals surface area (Å²) in [5.41, 5.74) is 7.91. The first kappa shape index (κ1) is 13.7. The minimum atomic E-state index is 0.551. The van der Waals surface area contributed by atoms with Crippen molar-refractivity contribution < 1.29 is 0 Å². The molecule has 6 heteroatoms. The van der Waals surface area contributed by atoms with Crippen LogP contribution in [0.2, 0.25) is 0 Å². The minimum Gasteiger partial charge on any atom is -0.382 e. The van der Waals surface area contributed by atoms with Gasteiger partial charge in [-0.05, 0) is 29.2 Å². The summed E-state index contributed by atoms with van der Waals surface area (Å²) in [6.07, 6.45) is 8.70. The number of hydrogen-bond acceptors (Lipinski definition) is 6. The minimum absolute atomic E-state index is 0.551. The van der Waals surface area contributed by atoms with Gasteiger partial charge in [-0.2, -0.15) is 4.37 Å². The smallest absolute Gasteiger partial charge is 0.147 e. The van der Waals surface area contributed by atoms with Gasteiger partial charge in [0.2, 0.25) is 0 Å². The molecule has 0 unspecified atom stereocenters. The van der Waals surface area contributed by atoms with Crippen LogP contribution >= 0.6 is 23.3 Å². The van der Waals surface area contributed by atoms with Gasteiger partial charge in [-0.3, -0.25) is 4.98 Å². The Morgan fingerprint density at radius 3 is 2.95 bits per heavy atom. The van der Waals surface area contributed by atoms with Gasteiger partial charge in [0.25, 0.3) is 0 Å². The summed E-state index contributed by atoms with van der Waals surface area (Å²) in [6, 6.07) is 3.86. The highest BCUT2D eigenvalue weighted by Crippen LogP contribution is 2.36. The summed E-state index contributed by atoms with van der Waals surface area (Å²) in [5, 5.41) is 4.35. The summed E-state index contributed by atoms with van der Waals surface area (Å²) in [7, 11) is 0. The van der Waals surface area contributed by atoms with E-state index in [1.54, 1.807) is 24.2 Å². The molecule has 0 amide bonds. The quantitative estimate of drug-likeness (QED) is 0.632.